The maximum absolute atomic E-state index is 13.4. The van der Waals surface area contributed by atoms with Gasteiger partial charge in [0.2, 0.25) is 5.91 Å². The number of hydrogen-bond donors (Lipinski definition) is 1. The first-order chi connectivity index (χ1) is 15.9. The number of amides is 1. The molecular weight excluding hydrogens is 434 g/mol. The summed E-state index contributed by atoms with van der Waals surface area (Å²) in [5.41, 5.74) is 3.29. The van der Waals surface area contributed by atoms with Gasteiger partial charge in [0.05, 0.1) is 11.5 Å². The number of carbonyl (C=O) groups excluding carboxylic acids is 1. The molecule has 0 aromatic heterocycles. The Morgan fingerprint density at radius 2 is 1.64 bits per heavy atom. The number of rotatable bonds is 7. The van der Waals surface area contributed by atoms with Crippen LogP contribution in [0.3, 0.4) is 0 Å². The molecule has 2 fully saturated rings. The zero-order valence-corrected chi connectivity index (χ0v) is 20.3. The van der Waals surface area contributed by atoms with Crippen LogP contribution >= 0.6 is 0 Å². The van der Waals surface area contributed by atoms with Crippen molar-refractivity contribution in [2.75, 3.05) is 31.1 Å². The molecule has 0 saturated carbocycles. The Morgan fingerprint density at radius 1 is 0.970 bits per heavy atom. The van der Waals surface area contributed by atoms with Gasteiger partial charge < -0.3 is 5.32 Å². The number of benzene rings is 2. The van der Waals surface area contributed by atoms with E-state index in [0.29, 0.717) is 25.7 Å². The minimum atomic E-state index is -3.01. The summed E-state index contributed by atoms with van der Waals surface area (Å²) in [6, 6.07) is 18.1. The van der Waals surface area contributed by atoms with Gasteiger partial charge in [0.1, 0.15) is 6.04 Å². The number of nitrogens with zero attached hydrogens (tertiary/aromatic N) is 2. The molecule has 2 unspecified atom stereocenters. The molecule has 0 radical (unpaired) electrons. The van der Waals surface area contributed by atoms with Crippen LogP contribution < -0.4 is 5.32 Å². The van der Waals surface area contributed by atoms with Crippen LogP contribution in [0.4, 0.5) is 0 Å². The van der Waals surface area contributed by atoms with Gasteiger partial charge in [-0.2, -0.15) is 0 Å². The minimum Gasteiger partial charge on any atom is -0.350 e. The molecule has 2 aromatic rings. The molecule has 2 aliphatic heterocycles. The largest absolute Gasteiger partial charge is 0.350 e. The van der Waals surface area contributed by atoms with Gasteiger partial charge in [-0.25, -0.2) is 8.42 Å². The SMILES string of the molecule is CC1CCCCN1Cc1ccccc1CNC(=O)C(c1ccccc1)N1CCS(=O)(=O)CC1. The lowest BCUT2D eigenvalue weighted by molar-refractivity contribution is -0.126. The highest BCUT2D eigenvalue weighted by Crippen LogP contribution is 2.24. The van der Waals surface area contributed by atoms with Gasteiger partial charge in [-0.3, -0.25) is 14.6 Å². The van der Waals surface area contributed by atoms with Crippen LogP contribution in [0.25, 0.3) is 0 Å². The van der Waals surface area contributed by atoms with E-state index >= 15 is 0 Å². The number of nitrogens with one attached hydrogen (secondary N) is 1. The lowest BCUT2D eigenvalue weighted by Gasteiger charge is -2.34. The first-order valence-electron chi connectivity index (χ1n) is 12.0. The van der Waals surface area contributed by atoms with Crippen LogP contribution in [0.15, 0.2) is 54.6 Å². The first-order valence-corrected chi connectivity index (χ1v) is 13.8. The third-order valence-corrected chi connectivity index (χ3v) is 8.60. The quantitative estimate of drug-likeness (QED) is 0.675. The Bertz CT molecular complexity index is 1030. The van der Waals surface area contributed by atoms with Gasteiger partial charge in [-0.05, 0) is 43.0 Å². The van der Waals surface area contributed by atoms with Gasteiger partial charge in [0, 0.05) is 32.2 Å². The molecule has 2 aromatic carbocycles. The molecule has 0 bridgehead atoms. The van der Waals surface area contributed by atoms with E-state index in [0.717, 1.165) is 24.2 Å². The molecule has 4 rings (SSSR count). The van der Waals surface area contributed by atoms with Crippen LogP contribution in [0.5, 0.6) is 0 Å². The van der Waals surface area contributed by atoms with E-state index in [2.05, 4.69) is 35.3 Å². The summed E-state index contributed by atoms with van der Waals surface area (Å²) in [5, 5.41) is 3.16. The standard InChI is InChI=1S/C26H35N3O3S/c1-21-9-7-8-14-29(21)20-24-13-6-5-12-23(24)19-27-26(30)25(22-10-3-2-4-11-22)28-15-17-33(31,32)18-16-28/h2-6,10-13,21,25H,7-9,14-20H2,1H3,(H,27,30). The topological polar surface area (TPSA) is 69.7 Å². The lowest BCUT2D eigenvalue weighted by Crippen LogP contribution is -2.47. The van der Waals surface area contributed by atoms with E-state index in [9.17, 15) is 13.2 Å². The van der Waals surface area contributed by atoms with Crippen LogP contribution in [0, 0.1) is 0 Å². The molecule has 1 amide bonds. The van der Waals surface area contributed by atoms with Crippen LogP contribution in [-0.2, 0) is 27.7 Å². The third-order valence-electron chi connectivity index (χ3n) is 6.99. The van der Waals surface area contributed by atoms with Gasteiger partial charge in [-0.15, -0.1) is 0 Å². The second-order valence-electron chi connectivity index (χ2n) is 9.30. The summed E-state index contributed by atoms with van der Waals surface area (Å²) in [7, 11) is -3.01. The Balaban J connectivity index is 1.47. The van der Waals surface area contributed by atoms with Crippen molar-refractivity contribution in [2.45, 2.75) is 51.4 Å². The van der Waals surface area contributed by atoms with Crippen LogP contribution in [0.2, 0.25) is 0 Å². The number of sulfone groups is 1. The van der Waals surface area contributed by atoms with Gasteiger partial charge in [-0.1, -0.05) is 61.0 Å². The fourth-order valence-electron chi connectivity index (χ4n) is 4.92. The Morgan fingerprint density at radius 3 is 2.33 bits per heavy atom. The van der Waals surface area contributed by atoms with E-state index in [1.165, 1.54) is 24.8 Å². The average molecular weight is 470 g/mol. The molecule has 2 atom stereocenters. The molecule has 2 heterocycles. The second kappa shape index (κ2) is 10.8. The Kier molecular flexibility index (Phi) is 7.83. The summed E-state index contributed by atoms with van der Waals surface area (Å²) in [5.74, 6) is 0.114. The smallest absolute Gasteiger partial charge is 0.242 e. The molecular formula is C26H35N3O3S. The van der Waals surface area contributed by atoms with Crippen molar-refractivity contribution >= 4 is 15.7 Å². The maximum Gasteiger partial charge on any atom is 0.242 e. The predicted molar refractivity (Wildman–Crippen MR) is 131 cm³/mol. The summed E-state index contributed by atoms with van der Waals surface area (Å²) in [6.45, 7) is 5.53. The Labute approximate surface area is 197 Å². The highest BCUT2D eigenvalue weighted by Gasteiger charge is 2.32. The zero-order chi connectivity index (χ0) is 23.3. The maximum atomic E-state index is 13.4. The minimum absolute atomic E-state index is 0.0818. The van der Waals surface area contributed by atoms with Gasteiger partial charge in [0.25, 0.3) is 0 Å². The molecule has 2 aliphatic rings. The lowest BCUT2D eigenvalue weighted by atomic mass is 10.0. The van der Waals surface area contributed by atoms with Crippen molar-refractivity contribution < 1.29 is 13.2 Å². The van der Waals surface area contributed by atoms with Gasteiger partial charge in [0.15, 0.2) is 9.84 Å². The molecule has 1 N–H and O–H groups in total. The summed E-state index contributed by atoms with van der Waals surface area (Å²) >= 11 is 0. The number of carbonyl (C=O) groups is 1. The number of hydrogen-bond acceptors (Lipinski definition) is 5. The predicted octanol–water partition coefficient (Wildman–Crippen LogP) is 3.15. The van der Waals surface area contributed by atoms with Crippen LogP contribution in [-0.4, -0.2) is 61.3 Å². The number of piperidine rings is 1. The summed E-state index contributed by atoms with van der Waals surface area (Å²) < 4.78 is 23.9. The average Bonchev–Trinajstić information content (AvgIpc) is 2.82. The van der Waals surface area contributed by atoms with Crippen molar-refractivity contribution in [1.29, 1.82) is 0 Å². The Hall–Kier alpha value is -2.22. The van der Waals surface area contributed by atoms with Crippen molar-refractivity contribution in [1.82, 2.24) is 15.1 Å². The molecule has 6 nitrogen and oxygen atoms in total. The van der Waals surface area contributed by atoms with Crippen LogP contribution in [0.1, 0.15) is 48.9 Å². The monoisotopic (exact) mass is 469 g/mol. The van der Waals surface area contributed by atoms with E-state index in [4.69, 9.17) is 0 Å². The number of likely N-dealkylation sites (tertiary alicyclic amines) is 1. The zero-order valence-electron chi connectivity index (χ0n) is 19.4. The van der Waals surface area contributed by atoms with E-state index in [1.54, 1.807) is 0 Å². The summed E-state index contributed by atoms with van der Waals surface area (Å²) in [6.07, 6.45) is 3.78. The fourth-order valence-corrected chi connectivity index (χ4v) is 6.15. The highest BCUT2D eigenvalue weighted by atomic mass is 32.2. The van der Waals surface area contributed by atoms with Gasteiger partial charge >= 0.3 is 0 Å². The normalized spacial score (nSPS) is 22.5. The molecule has 0 aliphatic carbocycles. The molecule has 2 saturated heterocycles. The van der Waals surface area contributed by atoms with Crippen molar-refractivity contribution in [3.05, 3.63) is 71.3 Å². The van der Waals surface area contributed by atoms with Crippen molar-refractivity contribution in [2.24, 2.45) is 0 Å². The fraction of sp³-hybridized carbons (Fsp3) is 0.500. The summed E-state index contributed by atoms with van der Waals surface area (Å²) in [4.78, 5) is 17.9. The molecule has 0 spiro atoms. The molecule has 7 heteroatoms. The molecule has 33 heavy (non-hydrogen) atoms. The van der Waals surface area contributed by atoms with E-state index in [1.807, 2.05) is 41.3 Å². The van der Waals surface area contributed by atoms with E-state index in [-0.39, 0.29) is 17.4 Å². The van der Waals surface area contributed by atoms with Crippen molar-refractivity contribution in [3.63, 3.8) is 0 Å². The van der Waals surface area contributed by atoms with Crippen molar-refractivity contribution in [3.8, 4) is 0 Å². The molecule has 178 valence electrons. The van der Waals surface area contributed by atoms with E-state index < -0.39 is 15.9 Å². The highest BCUT2D eigenvalue weighted by molar-refractivity contribution is 7.91. The first kappa shape index (κ1) is 23.9. The third kappa shape index (κ3) is 6.22. The second-order valence-corrected chi connectivity index (χ2v) is 11.6.